The summed E-state index contributed by atoms with van der Waals surface area (Å²) in [5.41, 5.74) is 0.813. The fraction of sp³-hybridized carbons (Fsp3) is 0.538. The van der Waals surface area contributed by atoms with E-state index in [1.54, 1.807) is 0 Å². The third-order valence-electron chi connectivity index (χ3n) is 3.32. The van der Waals surface area contributed by atoms with Crippen LogP contribution >= 0.6 is 0 Å². The second kappa shape index (κ2) is 4.79. The lowest BCUT2D eigenvalue weighted by molar-refractivity contribution is -0.0386. The van der Waals surface area contributed by atoms with Crippen molar-refractivity contribution >= 4 is 16.9 Å². The zero-order valence-corrected chi connectivity index (χ0v) is 11.1. The number of hydrogen-bond acceptors (Lipinski definition) is 5. The van der Waals surface area contributed by atoms with Crippen LogP contribution in [-0.2, 0) is 4.74 Å². The van der Waals surface area contributed by atoms with Crippen molar-refractivity contribution in [2.24, 2.45) is 0 Å². The molecular formula is C13H18N4O2. The molecule has 0 amide bonds. The Morgan fingerprint density at radius 1 is 1.42 bits per heavy atom. The Morgan fingerprint density at radius 3 is 3.05 bits per heavy atom. The molecule has 6 nitrogen and oxygen atoms in total. The predicted octanol–water partition coefficient (Wildman–Crippen LogP) is 0.932. The lowest BCUT2D eigenvalue weighted by atomic mass is 10.2. The Balaban J connectivity index is 1.86. The van der Waals surface area contributed by atoms with Gasteiger partial charge in [0, 0.05) is 19.3 Å². The molecule has 2 N–H and O–H groups in total. The summed E-state index contributed by atoms with van der Waals surface area (Å²) < 4.78 is 5.73. The Bertz CT molecular complexity index is 569. The smallest absolute Gasteiger partial charge is 0.142 e. The molecule has 0 unspecified atom stereocenters. The molecule has 0 bridgehead atoms. The highest BCUT2D eigenvalue weighted by molar-refractivity contribution is 5.87. The van der Waals surface area contributed by atoms with Gasteiger partial charge >= 0.3 is 0 Å². The van der Waals surface area contributed by atoms with Crippen molar-refractivity contribution in [1.82, 2.24) is 15.0 Å². The van der Waals surface area contributed by atoms with Crippen LogP contribution < -0.4 is 4.90 Å². The van der Waals surface area contributed by atoms with Gasteiger partial charge in [-0.2, -0.15) is 0 Å². The van der Waals surface area contributed by atoms with Gasteiger partial charge in [-0.1, -0.05) is 0 Å². The molecule has 0 spiro atoms. The molecule has 0 radical (unpaired) electrons. The van der Waals surface area contributed by atoms with E-state index in [1.807, 2.05) is 26.1 Å². The van der Waals surface area contributed by atoms with Crippen LogP contribution in [-0.4, -0.2) is 51.5 Å². The molecule has 2 aromatic heterocycles. The fourth-order valence-corrected chi connectivity index (χ4v) is 2.52. The highest BCUT2D eigenvalue weighted by Gasteiger charge is 2.34. The van der Waals surface area contributed by atoms with Gasteiger partial charge in [0.25, 0.3) is 0 Å². The van der Waals surface area contributed by atoms with Crippen LogP contribution in [0.25, 0.3) is 11.0 Å². The minimum absolute atomic E-state index is 0.109. The SMILES string of the molecule is CC(C)O[C@H]1CN(c2ncnc3[nH]ccc23)C[C@@H]1O. The summed E-state index contributed by atoms with van der Waals surface area (Å²) in [6.07, 6.45) is 2.85. The summed E-state index contributed by atoms with van der Waals surface area (Å²) in [7, 11) is 0. The average molecular weight is 262 g/mol. The first-order valence-electron chi connectivity index (χ1n) is 6.51. The predicted molar refractivity (Wildman–Crippen MR) is 72.1 cm³/mol. The van der Waals surface area contributed by atoms with Crippen LogP contribution in [0.4, 0.5) is 5.82 Å². The lowest BCUT2D eigenvalue weighted by Crippen LogP contribution is -2.29. The van der Waals surface area contributed by atoms with Crippen LogP contribution in [0, 0.1) is 0 Å². The number of aromatic amines is 1. The number of ether oxygens (including phenoxy) is 1. The number of nitrogens with one attached hydrogen (secondary N) is 1. The van der Waals surface area contributed by atoms with Gasteiger partial charge in [-0.15, -0.1) is 0 Å². The van der Waals surface area contributed by atoms with Gasteiger partial charge in [0.15, 0.2) is 0 Å². The minimum Gasteiger partial charge on any atom is -0.388 e. The normalized spacial score (nSPS) is 23.7. The third kappa shape index (κ3) is 2.29. The summed E-state index contributed by atoms with van der Waals surface area (Å²) >= 11 is 0. The molecule has 102 valence electrons. The number of aliphatic hydroxyl groups is 1. The van der Waals surface area contributed by atoms with E-state index < -0.39 is 6.10 Å². The number of anilines is 1. The van der Waals surface area contributed by atoms with Crippen molar-refractivity contribution in [3.8, 4) is 0 Å². The summed E-state index contributed by atoms with van der Waals surface area (Å²) in [6, 6.07) is 1.95. The second-order valence-electron chi connectivity index (χ2n) is 5.13. The first kappa shape index (κ1) is 12.4. The van der Waals surface area contributed by atoms with Crippen molar-refractivity contribution in [2.75, 3.05) is 18.0 Å². The van der Waals surface area contributed by atoms with Gasteiger partial charge in [-0.25, -0.2) is 9.97 Å². The van der Waals surface area contributed by atoms with Crippen LogP contribution in [0.1, 0.15) is 13.8 Å². The number of rotatable bonds is 3. The standard InChI is InChI=1S/C13H18N4O2/c1-8(2)19-11-6-17(5-10(11)18)13-9-3-4-14-12(9)15-7-16-13/h3-4,7-8,10-11,18H,5-6H2,1-2H3,(H,14,15,16)/t10-,11-/m0/s1. The average Bonchev–Trinajstić information content (AvgIpc) is 2.95. The summed E-state index contributed by atoms with van der Waals surface area (Å²) in [5, 5.41) is 11.0. The van der Waals surface area contributed by atoms with Gasteiger partial charge in [0.2, 0.25) is 0 Å². The van der Waals surface area contributed by atoms with Crippen LogP contribution in [0.15, 0.2) is 18.6 Å². The topological polar surface area (TPSA) is 74.3 Å². The van der Waals surface area contributed by atoms with Crippen molar-refractivity contribution in [2.45, 2.75) is 32.2 Å². The van der Waals surface area contributed by atoms with E-state index in [2.05, 4.69) is 19.9 Å². The van der Waals surface area contributed by atoms with Gasteiger partial charge in [-0.05, 0) is 19.9 Å². The van der Waals surface area contributed by atoms with Gasteiger partial charge in [0.1, 0.15) is 23.9 Å². The summed E-state index contributed by atoms with van der Waals surface area (Å²) in [5.74, 6) is 0.847. The molecule has 3 rings (SSSR count). The molecule has 0 aromatic carbocycles. The van der Waals surface area contributed by atoms with E-state index in [1.165, 1.54) is 6.33 Å². The van der Waals surface area contributed by atoms with Crippen LogP contribution in [0.5, 0.6) is 0 Å². The maximum absolute atomic E-state index is 10.1. The molecule has 0 aliphatic carbocycles. The van der Waals surface area contributed by atoms with Crippen molar-refractivity contribution < 1.29 is 9.84 Å². The highest BCUT2D eigenvalue weighted by Crippen LogP contribution is 2.26. The molecular weight excluding hydrogens is 244 g/mol. The molecule has 19 heavy (non-hydrogen) atoms. The molecule has 1 aliphatic rings. The molecule has 2 atom stereocenters. The molecule has 1 saturated heterocycles. The van der Waals surface area contributed by atoms with Gasteiger partial charge < -0.3 is 19.7 Å². The Hall–Kier alpha value is -1.66. The number of hydrogen-bond donors (Lipinski definition) is 2. The third-order valence-corrected chi connectivity index (χ3v) is 3.32. The fourth-order valence-electron chi connectivity index (χ4n) is 2.52. The quantitative estimate of drug-likeness (QED) is 0.861. The zero-order chi connectivity index (χ0) is 13.4. The van der Waals surface area contributed by atoms with Crippen molar-refractivity contribution in [1.29, 1.82) is 0 Å². The maximum atomic E-state index is 10.1. The number of aliphatic hydroxyl groups excluding tert-OH is 1. The zero-order valence-electron chi connectivity index (χ0n) is 11.1. The summed E-state index contributed by atoms with van der Waals surface area (Å²) in [4.78, 5) is 13.6. The lowest BCUT2D eigenvalue weighted by Gasteiger charge is -2.19. The molecule has 0 saturated carbocycles. The molecule has 6 heteroatoms. The maximum Gasteiger partial charge on any atom is 0.142 e. The number of β-amino-alcohol motifs (C(OH)–C–C–N with tert-alkyl or cyclic N) is 1. The monoisotopic (exact) mass is 262 g/mol. The summed E-state index contributed by atoms with van der Waals surface area (Å²) in [6.45, 7) is 5.14. The number of aromatic nitrogens is 3. The molecule has 3 heterocycles. The second-order valence-corrected chi connectivity index (χ2v) is 5.13. The molecule has 2 aromatic rings. The number of fused-ring (bicyclic) bond motifs is 1. The molecule has 1 aliphatic heterocycles. The highest BCUT2D eigenvalue weighted by atomic mass is 16.5. The van der Waals surface area contributed by atoms with E-state index >= 15 is 0 Å². The van der Waals surface area contributed by atoms with Gasteiger partial charge in [-0.3, -0.25) is 0 Å². The first-order valence-corrected chi connectivity index (χ1v) is 6.51. The Morgan fingerprint density at radius 2 is 2.26 bits per heavy atom. The Labute approximate surface area is 111 Å². The number of nitrogens with zero attached hydrogens (tertiary/aromatic N) is 3. The van der Waals surface area contributed by atoms with E-state index in [4.69, 9.17) is 4.74 Å². The largest absolute Gasteiger partial charge is 0.388 e. The Kier molecular flexibility index (Phi) is 3.12. The van der Waals surface area contributed by atoms with E-state index in [0.717, 1.165) is 16.9 Å². The van der Waals surface area contributed by atoms with Crippen LogP contribution in [0.3, 0.4) is 0 Å². The van der Waals surface area contributed by atoms with E-state index in [0.29, 0.717) is 13.1 Å². The number of H-pyrrole nitrogens is 1. The van der Waals surface area contributed by atoms with Gasteiger partial charge in [0.05, 0.1) is 17.6 Å². The first-order chi connectivity index (χ1) is 9.15. The minimum atomic E-state index is -0.480. The van der Waals surface area contributed by atoms with E-state index in [9.17, 15) is 5.11 Å². The van der Waals surface area contributed by atoms with E-state index in [-0.39, 0.29) is 12.2 Å². The van der Waals surface area contributed by atoms with Crippen LogP contribution in [0.2, 0.25) is 0 Å². The molecule has 1 fully saturated rings. The van der Waals surface area contributed by atoms with Crippen molar-refractivity contribution in [3.05, 3.63) is 18.6 Å². The van der Waals surface area contributed by atoms with Crippen molar-refractivity contribution in [3.63, 3.8) is 0 Å².